The lowest BCUT2D eigenvalue weighted by atomic mass is 9.80. The van der Waals surface area contributed by atoms with Gasteiger partial charge in [0.2, 0.25) is 5.91 Å². The van der Waals surface area contributed by atoms with Crippen LogP contribution in [0.3, 0.4) is 0 Å². The zero-order chi connectivity index (χ0) is 59.0. The van der Waals surface area contributed by atoms with E-state index in [1.165, 1.54) is 20.8 Å². The van der Waals surface area contributed by atoms with Crippen molar-refractivity contribution in [3.05, 3.63) is 0 Å². The Balaban J connectivity index is 2.55. The van der Waals surface area contributed by atoms with E-state index >= 15 is 0 Å². The molecule has 0 aromatic carbocycles. The standard InChI is InChI=1S/C49H71NO28/c1-19(16-63-23(5)52)37(67-26(8)55)39(68-27(9)56)20(2)38-36(50-22(4)51)43(78-48-46(73-32(14)61)44(71-30(12)59)40(21(3)66-48)69-28(10)57)41(34(75-38)17-64-24(6)53)77-49-47(74-33(15)62)45(72-31(13)60)42(70-29(11)58)35(76-49)18-65-25(7)54/h19-21,34-49H,16-18H2,1-15H3,(H,50,51). The van der Waals surface area contributed by atoms with Gasteiger partial charge >= 0.3 is 65.7 Å². The first-order valence-electron chi connectivity index (χ1n) is 24.6. The highest BCUT2D eigenvalue weighted by Crippen LogP contribution is 2.40. The smallest absolute Gasteiger partial charge is 0.303 e. The Morgan fingerprint density at radius 3 is 1.23 bits per heavy atom. The fraction of sp³-hybridized carbons (Fsp3) is 0.755. The number of carbonyl (C=O) groups is 12. The van der Waals surface area contributed by atoms with Crippen molar-refractivity contribution in [2.45, 2.75) is 208 Å². The third kappa shape index (κ3) is 19.7. The maximum Gasteiger partial charge on any atom is 0.303 e. The molecule has 0 spiro atoms. The minimum atomic E-state index is -2.06. The highest BCUT2D eigenvalue weighted by atomic mass is 16.8. The first-order valence-corrected chi connectivity index (χ1v) is 24.6. The topological polar surface area (TPSA) is 365 Å². The predicted molar refractivity (Wildman–Crippen MR) is 252 cm³/mol. The minimum absolute atomic E-state index is 0.377. The largest absolute Gasteiger partial charge is 0.465 e. The zero-order valence-electron chi connectivity index (χ0n) is 46.0. The van der Waals surface area contributed by atoms with Gasteiger partial charge in [0.15, 0.2) is 49.2 Å². The van der Waals surface area contributed by atoms with Gasteiger partial charge in [0.25, 0.3) is 0 Å². The highest BCUT2D eigenvalue weighted by molar-refractivity contribution is 5.74. The molecule has 3 rings (SSSR count). The summed E-state index contributed by atoms with van der Waals surface area (Å²) < 4.78 is 94.1. The number of ether oxygens (including phenoxy) is 16. The quantitative estimate of drug-likeness (QED) is 0.103. The molecule has 1 N–H and O–H groups in total. The number of carbonyl (C=O) groups excluding carboxylic acids is 12. The second kappa shape index (κ2) is 30.0. The molecular formula is C49H71NO28. The average Bonchev–Trinajstić information content (AvgIpc) is 3.30. The van der Waals surface area contributed by atoms with E-state index in [1.54, 1.807) is 0 Å². The molecule has 3 aliphatic rings. The molecule has 0 aromatic rings. The Hall–Kier alpha value is -6.56. The number of hydrogen-bond acceptors (Lipinski definition) is 28. The van der Waals surface area contributed by atoms with Crippen molar-refractivity contribution in [2.75, 3.05) is 19.8 Å². The van der Waals surface area contributed by atoms with Crippen molar-refractivity contribution >= 4 is 71.6 Å². The Morgan fingerprint density at radius 2 is 0.795 bits per heavy atom. The number of rotatable bonds is 23. The summed E-state index contributed by atoms with van der Waals surface area (Å²) >= 11 is 0. The van der Waals surface area contributed by atoms with Gasteiger partial charge in [0, 0.05) is 94.9 Å². The van der Waals surface area contributed by atoms with E-state index in [9.17, 15) is 57.5 Å². The van der Waals surface area contributed by atoms with Gasteiger partial charge in [-0.3, -0.25) is 57.5 Å². The van der Waals surface area contributed by atoms with Crippen molar-refractivity contribution in [3.8, 4) is 0 Å². The molecule has 0 bridgehead atoms. The molecule has 0 aliphatic carbocycles. The van der Waals surface area contributed by atoms with E-state index in [4.69, 9.17) is 75.8 Å². The van der Waals surface area contributed by atoms with Gasteiger partial charge in [-0.2, -0.15) is 0 Å². The Morgan fingerprint density at radius 1 is 0.410 bits per heavy atom. The molecule has 0 saturated carbocycles. The summed E-state index contributed by atoms with van der Waals surface area (Å²) in [5, 5.41) is 2.73. The van der Waals surface area contributed by atoms with Crippen LogP contribution in [0.5, 0.6) is 0 Å². The van der Waals surface area contributed by atoms with Crippen LogP contribution in [0.15, 0.2) is 0 Å². The van der Waals surface area contributed by atoms with Crippen LogP contribution in [0, 0.1) is 11.8 Å². The third-order valence-corrected chi connectivity index (χ3v) is 11.8. The Kier molecular flexibility index (Phi) is 25.3. The van der Waals surface area contributed by atoms with E-state index in [-0.39, 0.29) is 6.61 Å². The Labute approximate surface area is 449 Å². The van der Waals surface area contributed by atoms with Gasteiger partial charge in [-0.1, -0.05) is 13.8 Å². The van der Waals surface area contributed by atoms with Crippen LogP contribution < -0.4 is 5.32 Å². The molecule has 0 aromatic heterocycles. The van der Waals surface area contributed by atoms with Crippen molar-refractivity contribution in [1.29, 1.82) is 0 Å². The van der Waals surface area contributed by atoms with E-state index < -0.39 is 201 Å². The number of nitrogens with one attached hydrogen (secondary N) is 1. The van der Waals surface area contributed by atoms with Gasteiger partial charge in [-0.25, -0.2) is 0 Å². The fourth-order valence-electron chi connectivity index (χ4n) is 9.06. The van der Waals surface area contributed by atoms with E-state index in [1.807, 2.05) is 0 Å². The molecule has 0 radical (unpaired) electrons. The van der Waals surface area contributed by atoms with Crippen molar-refractivity contribution in [3.63, 3.8) is 0 Å². The van der Waals surface area contributed by atoms with Gasteiger partial charge in [0.1, 0.15) is 49.8 Å². The fourth-order valence-corrected chi connectivity index (χ4v) is 9.06. The number of esters is 11. The lowest BCUT2D eigenvalue weighted by molar-refractivity contribution is -0.364. The zero-order valence-corrected chi connectivity index (χ0v) is 46.0. The molecule has 29 heteroatoms. The van der Waals surface area contributed by atoms with Gasteiger partial charge in [-0.15, -0.1) is 0 Å². The number of amides is 1. The summed E-state index contributed by atoms with van der Waals surface area (Å²) in [6.07, 6.45) is -27.5. The van der Waals surface area contributed by atoms with Crippen LogP contribution in [0.25, 0.3) is 0 Å². The number of hydrogen-bond donors (Lipinski definition) is 1. The summed E-state index contributed by atoms with van der Waals surface area (Å²) in [5.41, 5.74) is 0. The minimum Gasteiger partial charge on any atom is -0.465 e. The maximum absolute atomic E-state index is 13.6. The van der Waals surface area contributed by atoms with Crippen molar-refractivity contribution in [1.82, 2.24) is 5.32 Å². The maximum atomic E-state index is 13.6. The second-order valence-corrected chi connectivity index (χ2v) is 18.7. The first kappa shape index (κ1) is 65.7. The average molecular weight is 1120 g/mol. The van der Waals surface area contributed by atoms with E-state index in [2.05, 4.69) is 5.32 Å². The molecule has 3 fully saturated rings. The van der Waals surface area contributed by atoms with E-state index in [0.717, 1.165) is 83.1 Å². The predicted octanol–water partition coefficient (Wildman–Crippen LogP) is -0.0863. The normalized spacial score (nSPS) is 30.1. The summed E-state index contributed by atoms with van der Waals surface area (Å²) in [6.45, 7) is 14.8. The van der Waals surface area contributed by atoms with Gasteiger partial charge in [-0.05, 0) is 6.92 Å². The molecule has 19 unspecified atom stereocenters. The third-order valence-electron chi connectivity index (χ3n) is 11.8. The highest BCUT2D eigenvalue weighted by Gasteiger charge is 2.60. The Bertz CT molecular complexity index is 2180. The van der Waals surface area contributed by atoms with Crippen molar-refractivity contribution in [2.24, 2.45) is 11.8 Å². The van der Waals surface area contributed by atoms with Crippen LogP contribution in [0.1, 0.15) is 104 Å². The lowest BCUT2D eigenvalue weighted by Gasteiger charge is -2.53. The van der Waals surface area contributed by atoms with Crippen LogP contribution in [-0.4, -0.2) is 195 Å². The van der Waals surface area contributed by atoms with Crippen LogP contribution in [0.4, 0.5) is 0 Å². The summed E-state index contributed by atoms with van der Waals surface area (Å²) in [5.74, 6) is -13.1. The molecule has 3 saturated heterocycles. The molecule has 19 atom stereocenters. The second-order valence-electron chi connectivity index (χ2n) is 18.7. The first-order chi connectivity index (χ1) is 36.3. The summed E-state index contributed by atoms with van der Waals surface area (Å²) in [4.78, 5) is 153. The SMILES string of the molecule is CC(=O)NC1C(C(C)C(OC(C)=O)C(OC(C)=O)C(C)COC(C)=O)OC(COC(C)=O)C(OC2OC(COC(C)=O)C(OC(C)=O)C(OC(C)=O)C2OC(C)=O)C1OC1OC(C)C(OC(C)=O)C(OC(C)=O)C1OC(C)=O. The van der Waals surface area contributed by atoms with Gasteiger partial charge in [0.05, 0.1) is 24.9 Å². The van der Waals surface area contributed by atoms with Crippen LogP contribution >= 0.6 is 0 Å². The van der Waals surface area contributed by atoms with Gasteiger partial charge < -0.3 is 81.1 Å². The molecule has 1 amide bonds. The lowest BCUT2D eigenvalue weighted by Crippen LogP contribution is -2.71. The monoisotopic (exact) mass is 1120 g/mol. The molecular weight excluding hydrogens is 1050 g/mol. The summed E-state index contributed by atoms with van der Waals surface area (Å²) in [6, 6.07) is -1.68. The molecule has 78 heavy (non-hydrogen) atoms. The van der Waals surface area contributed by atoms with Crippen LogP contribution in [0.2, 0.25) is 0 Å². The molecule has 3 aliphatic heterocycles. The van der Waals surface area contributed by atoms with Crippen molar-refractivity contribution < 1.29 is 133 Å². The molecule has 29 nitrogen and oxygen atoms in total. The molecule has 3 heterocycles. The van der Waals surface area contributed by atoms with Crippen LogP contribution in [-0.2, 0) is 133 Å². The summed E-state index contributed by atoms with van der Waals surface area (Å²) in [7, 11) is 0. The van der Waals surface area contributed by atoms with E-state index in [0.29, 0.717) is 0 Å². The molecule has 440 valence electrons.